The number of nitrogens with one attached hydrogen (secondary N) is 1. The largest absolute Gasteiger partial charge is 0.380 e. The van der Waals surface area contributed by atoms with Gasteiger partial charge in [0.25, 0.3) is 0 Å². The maximum Gasteiger partial charge on any atom is 0.0622 e. The van der Waals surface area contributed by atoms with Crippen molar-refractivity contribution in [1.82, 2.24) is 10.2 Å². The minimum absolute atomic E-state index is 0.642. The highest BCUT2D eigenvalue weighted by atomic mass is 16.5. The van der Waals surface area contributed by atoms with Crippen LogP contribution < -0.4 is 5.32 Å². The molecule has 0 radical (unpaired) electrons. The zero-order valence-electron chi connectivity index (χ0n) is 8.46. The van der Waals surface area contributed by atoms with E-state index in [-0.39, 0.29) is 0 Å². The molecule has 3 nitrogen and oxygen atoms in total. The van der Waals surface area contributed by atoms with Crippen LogP contribution in [0, 0.1) is 0 Å². The highest BCUT2D eigenvalue weighted by Gasteiger charge is 2.25. The molecule has 76 valence electrons. The Kier molecular flexibility index (Phi) is 3.19. The van der Waals surface area contributed by atoms with Crippen LogP contribution in [0.4, 0.5) is 0 Å². The third kappa shape index (κ3) is 2.42. The van der Waals surface area contributed by atoms with Crippen LogP contribution in [0.2, 0.25) is 0 Å². The predicted molar refractivity (Wildman–Crippen MR) is 52.9 cm³/mol. The van der Waals surface area contributed by atoms with Gasteiger partial charge >= 0.3 is 0 Å². The van der Waals surface area contributed by atoms with Crippen molar-refractivity contribution in [2.75, 3.05) is 32.8 Å². The Balaban J connectivity index is 1.88. The van der Waals surface area contributed by atoms with E-state index in [0.717, 1.165) is 13.2 Å². The lowest BCUT2D eigenvalue weighted by molar-refractivity contribution is 0.143. The first-order valence-electron chi connectivity index (χ1n) is 5.41. The zero-order chi connectivity index (χ0) is 9.10. The van der Waals surface area contributed by atoms with Gasteiger partial charge in [0.15, 0.2) is 0 Å². The summed E-state index contributed by atoms with van der Waals surface area (Å²) in [6, 6.07) is 1.34. The molecule has 0 bridgehead atoms. The molecule has 2 fully saturated rings. The first-order chi connectivity index (χ1) is 6.36. The molecule has 0 saturated carbocycles. The van der Waals surface area contributed by atoms with Crippen LogP contribution >= 0.6 is 0 Å². The molecule has 3 heteroatoms. The Bertz CT molecular complexity index is 157. The van der Waals surface area contributed by atoms with Gasteiger partial charge in [-0.15, -0.1) is 0 Å². The van der Waals surface area contributed by atoms with E-state index < -0.39 is 0 Å². The van der Waals surface area contributed by atoms with Gasteiger partial charge in [-0.1, -0.05) is 0 Å². The van der Waals surface area contributed by atoms with Gasteiger partial charge in [0.2, 0.25) is 0 Å². The monoisotopic (exact) mass is 184 g/mol. The summed E-state index contributed by atoms with van der Waals surface area (Å²) in [6.07, 6.45) is 2.51. The fourth-order valence-corrected chi connectivity index (χ4v) is 2.28. The fourth-order valence-electron chi connectivity index (χ4n) is 2.28. The highest BCUT2D eigenvalue weighted by molar-refractivity contribution is 4.81. The van der Waals surface area contributed by atoms with E-state index in [2.05, 4.69) is 17.1 Å². The Morgan fingerprint density at radius 3 is 3.15 bits per heavy atom. The van der Waals surface area contributed by atoms with Crippen molar-refractivity contribution in [3.8, 4) is 0 Å². The minimum Gasteiger partial charge on any atom is -0.380 e. The van der Waals surface area contributed by atoms with Crippen molar-refractivity contribution in [1.29, 1.82) is 0 Å². The molecule has 1 N–H and O–H groups in total. The molecule has 0 aliphatic carbocycles. The van der Waals surface area contributed by atoms with E-state index in [1.807, 2.05) is 0 Å². The van der Waals surface area contributed by atoms with Gasteiger partial charge in [-0.3, -0.25) is 4.90 Å². The van der Waals surface area contributed by atoms with Gasteiger partial charge < -0.3 is 10.1 Å². The summed E-state index contributed by atoms with van der Waals surface area (Å²) in [7, 11) is 0. The van der Waals surface area contributed by atoms with Gasteiger partial charge in [0.1, 0.15) is 0 Å². The molecule has 0 aromatic carbocycles. The molecule has 2 aliphatic heterocycles. The van der Waals surface area contributed by atoms with E-state index in [1.54, 1.807) is 0 Å². The van der Waals surface area contributed by atoms with Gasteiger partial charge in [0, 0.05) is 25.2 Å². The lowest BCUT2D eigenvalue weighted by Gasteiger charge is -2.27. The molecule has 0 amide bonds. The molecular formula is C10H20N2O. The molecular weight excluding hydrogens is 164 g/mol. The van der Waals surface area contributed by atoms with Crippen molar-refractivity contribution < 1.29 is 4.74 Å². The predicted octanol–water partition coefficient (Wildman–Crippen LogP) is 0.459. The third-order valence-corrected chi connectivity index (χ3v) is 3.05. The van der Waals surface area contributed by atoms with Crippen molar-refractivity contribution in [2.45, 2.75) is 31.8 Å². The number of ether oxygens (including phenoxy) is 1. The van der Waals surface area contributed by atoms with Gasteiger partial charge in [-0.25, -0.2) is 0 Å². The van der Waals surface area contributed by atoms with Crippen LogP contribution in [0.5, 0.6) is 0 Å². The quantitative estimate of drug-likeness (QED) is 0.641. The Morgan fingerprint density at radius 1 is 1.46 bits per heavy atom. The summed E-state index contributed by atoms with van der Waals surface area (Å²) in [5, 5.41) is 3.52. The number of rotatable bonds is 1. The topological polar surface area (TPSA) is 24.5 Å². The molecule has 2 saturated heterocycles. The Labute approximate surface area is 80.4 Å². The molecule has 2 rings (SSSR count). The van der Waals surface area contributed by atoms with E-state index >= 15 is 0 Å². The van der Waals surface area contributed by atoms with Gasteiger partial charge in [0.05, 0.1) is 6.61 Å². The first-order valence-corrected chi connectivity index (χ1v) is 5.41. The first kappa shape index (κ1) is 9.44. The van der Waals surface area contributed by atoms with Crippen LogP contribution in [0.1, 0.15) is 19.8 Å². The van der Waals surface area contributed by atoms with Gasteiger partial charge in [-0.2, -0.15) is 0 Å². The molecule has 0 aromatic rings. The Morgan fingerprint density at radius 2 is 2.38 bits per heavy atom. The normalized spacial score (nSPS) is 37.6. The number of hydrogen-bond donors (Lipinski definition) is 1. The summed E-state index contributed by atoms with van der Waals surface area (Å²) in [5.41, 5.74) is 0. The van der Waals surface area contributed by atoms with Crippen LogP contribution in [-0.4, -0.2) is 49.8 Å². The molecule has 1 unspecified atom stereocenters. The lowest BCUT2D eigenvalue weighted by atomic mass is 10.2. The number of nitrogens with zero attached hydrogens (tertiary/aromatic N) is 1. The fraction of sp³-hybridized carbons (Fsp3) is 1.00. The van der Waals surface area contributed by atoms with Crippen molar-refractivity contribution in [3.63, 3.8) is 0 Å². The van der Waals surface area contributed by atoms with Crippen LogP contribution in [-0.2, 0) is 4.74 Å². The van der Waals surface area contributed by atoms with Crippen molar-refractivity contribution in [2.24, 2.45) is 0 Å². The molecule has 0 aromatic heterocycles. The molecule has 2 atom stereocenters. The van der Waals surface area contributed by atoms with E-state index in [9.17, 15) is 0 Å². The van der Waals surface area contributed by atoms with Crippen molar-refractivity contribution >= 4 is 0 Å². The maximum absolute atomic E-state index is 5.42. The molecule has 2 heterocycles. The lowest BCUT2D eigenvalue weighted by Crippen LogP contribution is -2.41. The zero-order valence-corrected chi connectivity index (χ0v) is 8.46. The number of hydrogen-bond acceptors (Lipinski definition) is 3. The molecule has 2 aliphatic rings. The SMILES string of the molecule is C[C@H]1CN(C2CCOC2)CCCN1. The van der Waals surface area contributed by atoms with Crippen molar-refractivity contribution in [3.05, 3.63) is 0 Å². The third-order valence-electron chi connectivity index (χ3n) is 3.05. The standard InChI is InChI=1S/C10H20N2O/c1-9-7-12(5-2-4-11-9)10-3-6-13-8-10/h9-11H,2-8H2,1H3/t9-,10?/m0/s1. The van der Waals surface area contributed by atoms with Crippen LogP contribution in [0.3, 0.4) is 0 Å². The minimum atomic E-state index is 0.642. The Hall–Kier alpha value is -0.120. The summed E-state index contributed by atoms with van der Waals surface area (Å²) in [4.78, 5) is 2.59. The molecule has 13 heavy (non-hydrogen) atoms. The maximum atomic E-state index is 5.42. The van der Waals surface area contributed by atoms with Crippen LogP contribution in [0.15, 0.2) is 0 Å². The summed E-state index contributed by atoms with van der Waals surface area (Å²) in [6.45, 7) is 7.79. The van der Waals surface area contributed by atoms with Crippen LogP contribution in [0.25, 0.3) is 0 Å². The second-order valence-electron chi connectivity index (χ2n) is 4.22. The summed E-state index contributed by atoms with van der Waals surface area (Å²) in [5.74, 6) is 0. The second kappa shape index (κ2) is 4.40. The summed E-state index contributed by atoms with van der Waals surface area (Å²) < 4.78 is 5.42. The average molecular weight is 184 g/mol. The summed E-state index contributed by atoms with van der Waals surface area (Å²) >= 11 is 0. The van der Waals surface area contributed by atoms with Gasteiger partial charge in [-0.05, 0) is 32.9 Å². The molecule has 0 spiro atoms. The average Bonchev–Trinajstić information content (AvgIpc) is 2.56. The van der Waals surface area contributed by atoms with E-state index in [4.69, 9.17) is 4.74 Å². The van der Waals surface area contributed by atoms with E-state index in [1.165, 1.54) is 32.5 Å². The smallest absolute Gasteiger partial charge is 0.0622 e. The second-order valence-corrected chi connectivity index (χ2v) is 4.22. The van der Waals surface area contributed by atoms with E-state index in [0.29, 0.717) is 12.1 Å². The highest BCUT2D eigenvalue weighted by Crippen LogP contribution is 2.14.